The van der Waals surface area contributed by atoms with Gasteiger partial charge in [-0.1, -0.05) is 18.2 Å². The molecule has 0 saturated heterocycles. The molecule has 0 heterocycles. The number of carbonyl (C=O) groups excluding carboxylic acids is 1. The summed E-state index contributed by atoms with van der Waals surface area (Å²) in [5.41, 5.74) is -0.327. The van der Waals surface area contributed by atoms with E-state index in [9.17, 15) is 14.9 Å². The van der Waals surface area contributed by atoms with Crippen molar-refractivity contribution < 1.29 is 14.5 Å². The van der Waals surface area contributed by atoms with E-state index in [1.165, 1.54) is 24.5 Å². The first-order valence-corrected chi connectivity index (χ1v) is 5.88. The molecule has 0 aliphatic heterocycles. The van der Waals surface area contributed by atoms with Crippen molar-refractivity contribution in [1.29, 1.82) is 0 Å². The summed E-state index contributed by atoms with van der Waals surface area (Å²) in [4.78, 5) is 22.0. The second-order valence-corrected chi connectivity index (χ2v) is 4.00. The molecule has 1 amide bonds. The van der Waals surface area contributed by atoms with Crippen LogP contribution < -0.4 is 5.32 Å². The molecule has 1 rings (SSSR count). The Morgan fingerprint density at radius 3 is 2.95 bits per heavy atom. The number of rotatable bonds is 7. The monoisotopic (exact) mass is 284 g/mol. The Balaban J connectivity index is 2.68. The van der Waals surface area contributed by atoms with Crippen LogP contribution in [0, 0.1) is 10.1 Å². The zero-order valence-electron chi connectivity index (χ0n) is 10.1. The number of hydrogen-bond acceptors (Lipinski definition) is 4. The molecule has 0 aromatic heterocycles. The van der Waals surface area contributed by atoms with E-state index < -0.39 is 10.8 Å². The molecule has 0 unspecified atom stereocenters. The minimum atomic E-state index is -0.619. The van der Waals surface area contributed by atoms with Gasteiger partial charge in [0, 0.05) is 17.6 Å². The maximum Gasteiger partial charge on any atom is 0.282 e. The van der Waals surface area contributed by atoms with Gasteiger partial charge >= 0.3 is 0 Å². The number of nitrogens with zero attached hydrogens (tertiary/aromatic N) is 1. The summed E-state index contributed by atoms with van der Waals surface area (Å²) in [5, 5.41) is 13.6. The van der Waals surface area contributed by atoms with Gasteiger partial charge in [0.1, 0.15) is 5.56 Å². The number of nitro groups is 1. The average Bonchev–Trinajstić information content (AvgIpc) is 2.37. The van der Waals surface area contributed by atoms with Gasteiger partial charge in [0.25, 0.3) is 11.6 Å². The van der Waals surface area contributed by atoms with Crippen molar-refractivity contribution in [2.24, 2.45) is 0 Å². The number of halogens is 1. The summed E-state index contributed by atoms with van der Waals surface area (Å²) in [6.07, 6.45) is 1.88. The lowest BCUT2D eigenvalue weighted by atomic mass is 10.1. The fraction of sp³-hybridized carbons (Fsp3) is 0.250. The Bertz CT molecular complexity index is 491. The highest BCUT2D eigenvalue weighted by atomic mass is 35.5. The predicted molar refractivity (Wildman–Crippen MR) is 71.2 cm³/mol. The highest BCUT2D eigenvalue weighted by molar-refractivity contribution is 6.31. The van der Waals surface area contributed by atoms with Gasteiger partial charge in [-0.2, -0.15) is 0 Å². The second kappa shape index (κ2) is 7.38. The van der Waals surface area contributed by atoms with Crippen LogP contribution in [-0.4, -0.2) is 24.0 Å². The molecule has 0 radical (unpaired) electrons. The van der Waals surface area contributed by atoms with Crippen LogP contribution >= 0.6 is 11.6 Å². The van der Waals surface area contributed by atoms with Crippen LogP contribution in [0.4, 0.5) is 5.69 Å². The summed E-state index contributed by atoms with van der Waals surface area (Å²) >= 11 is 5.73. The highest BCUT2D eigenvalue weighted by Gasteiger charge is 2.19. The molecule has 0 atom stereocenters. The van der Waals surface area contributed by atoms with Crippen molar-refractivity contribution in [3.05, 3.63) is 51.7 Å². The maximum absolute atomic E-state index is 11.8. The smallest absolute Gasteiger partial charge is 0.282 e. The Morgan fingerprint density at radius 1 is 1.58 bits per heavy atom. The number of nitrogens with one attached hydrogen (secondary N) is 1. The summed E-state index contributed by atoms with van der Waals surface area (Å²) in [6.45, 7) is 4.14. The van der Waals surface area contributed by atoms with Crippen LogP contribution in [0.3, 0.4) is 0 Å². The number of amides is 1. The molecular formula is C12H13ClN2O4. The molecule has 102 valence electrons. The number of benzene rings is 1. The Labute approximate surface area is 115 Å². The second-order valence-electron chi connectivity index (χ2n) is 3.57. The number of hydrogen-bond donors (Lipinski definition) is 1. The molecule has 0 aliphatic carbocycles. The zero-order chi connectivity index (χ0) is 14.3. The first-order valence-electron chi connectivity index (χ1n) is 5.51. The average molecular weight is 285 g/mol. The summed E-state index contributed by atoms with van der Waals surface area (Å²) in [6, 6.07) is 3.85. The molecule has 1 aromatic carbocycles. The zero-order valence-corrected chi connectivity index (χ0v) is 10.9. The Hall–Kier alpha value is -2.08. The first-order chi connectivity index (χ1) is 9.06. The Morgan fingerprint density at radius 2 is 2.32 bits per heavy atom. The quantitative estimate of drug-likeness (QED) is 0.361. The summed E-state index contributed by atoms with van der Waals surface area (Å²) in [7, 11) is 0. The topological polar surface area (TPSA) is 81.5 Å². The van der Waals surface area contributed by atoms with E-state index in [0.717, 1.165) is 0 Å². The highest BCUT2D eigenvalue weighted by Crippen LogP contribution is 2.22. The molecular weight excluding hydrogens is 272 g/mol. The first kappa shape index (κ1) is 15.0. The third kappa shape index (κ3) is 4.59. The minimum Gasteiger partial charge on any atom is -0.502 e. The molecule has 0 aliphatic rings. The fourth-order valence-corrected chi connectivity index (χ4v) is 1.56. The van der Waals surface area contributed by atoms with E-state index in [0.29, 0.717) is 19.6 Å². The van der Waals surface area contributed by atoms with Crippen LogP contribution in [0.25, 0.3) is 0 Å². The van der Waals surface area contributed by atoms with Gasteiger partial charge < -0.3 is 10.1 Å². The van der Waals surface area contributed by atoms with Crippen molar-refractivity contribution in [2.45, 2.75) is 6.42 Å². The van der Waals surface area contributed by atoms with Crippen LogP contribution in [0.2, 0.25) is 5.02 Å². The molecule has 7 heteroatoms. The van der Waals surface area contributed by atoms with Crippen molar-refractivity contribution in [3.63, 3.8) is 0 Å². The normalized spacial score (nSPS) is 9.74. The molecule has 0 saturated carbocycles. The van der Waals surface area contributed by atoms with Crippen LogP contribution in [0.1, 0.15) is 16.8 Å². The molecule has 6 nitrogen and oxygen atoms in total. The number of ether oxygens (including phenoxy) is 1. The minimum absolute atomic E-state index is 0.0536. The number of carbonyl (C=O) groups is 1. The van der Waals surface area contributed by atoms with Gasteiger partial charge in [-0.3, -0.25) is 14.9 Å². The molecule has 0 bridgehead atoms. The van der Waals surface area contributed by atoms with Crippen molar-refractivity contribution in [3.8, 4) is 0 Å². The lowest BCUT2D eigenvalue weighted by Crippen LogP contribution is -2.25. The lowest BCUT2D eigenvalue weighted by Gasteiger charge is -2.06. The standard InChI is InChI=1S/C12H13ClN2O4/c1-2-19-7-3-6-14-12(16)10-8-9(13)4-5-11(10)15(17)18/h2,4-5,8H,1,3,6-7H2,(H,14,16). The lowest BCUT2D eigenvalue weighted by molar-refractivity contribution is -0.385. The summed E-state index contributed by atoms with van der Waals surface area (Å²) < 4.78 is 4.89. The SMILES string of the molecule is C=COCCCNC(=O)c1cc(Cl)ccc1[N+](=O)[O-]. The fourth-order valence-electron chi connectivity index (χ4n) is 1.39. The van der Waals surface area contributed by atoms with Crippen molar-refractivity contribution in [1.82, 2.24) is 5.32 Å². The van der Waals surface area contributed by atoms with Gasteiger partial charge in [-0.05, 0) is 18.6 Å². The van der Waals surface area contributed by atoms with E-state index in [1.807, 2.05) is 0 Å². The molecule has 0 spiro atoms. The number of nitro benzene ring substituents is 1. The van der Waals surface area contributed by atoms with Crippen molar-refractivity contribution >= 4 is 23.2 Å². The van der Waals surface area contributed by atoms with E-state index in [2.05, 4.69) is 11.9 Å². The predicted octanol–water partition coefficient (Wildman–Crippen LogP) is 2.53. The van der Waals surface area contributed by atoms with Crippen LogP contribution in [0.15, 0.2) is 31.0 Å². The van der Waals surface area contributed by atoms with Gasteiger partial charge in [-0.25, -0.2) is 0 Å². The van der Waals surface area contributed by atoms with Gasteiger partial charge in [0.2, 0.25) is 0 Å². The van der Waals surface area contributed by atoms with E-state index >= 15 is 0 Å². The third-order valence-corrected chi connectivity index (χ3v) is 2.48. The van der Waals surface area contributed by atoms with E-state index in [1.54, 1.807) is 0 Å². The maximum atomic E-state index is 11.8. The molecule has 19 heavy (non-hydrogen) atoms. The third-order valence-electron chi connectivity index (χ3n) is 2.24. The van der Waals surface area contributed by atoms with Crippen molar-refractivity contribution in [2.75, 3.05) is 13.2 Å². The molecule has 0 fully saturated rings. The van der Waals surface area contributed by atoms with Gasteiger partial charge in [0.15, 0.2) is 0 Å². The van der Waals surface area contributed by atoms with Gasteiger partial charge in [-0.15, -0.1) is 0 Å². The summed E-state index contributed by atoms with van der Waals surface area (Å²) in [5.74, 6) is -0.534. The van der Waals surface area contributed by atoms with E-state index in [4.69, 9.17) is 16.3 Å². The largest absolute Gasteiger partial charge is 0.502 e. The Kier molecular flexibility index (Phi) is 5.81. The van der Waals surface area contributed by atoms with Gasteiger partial charge in [0.05, 0.1) is 17.8 Å². The van der Waals surface area contributed by atoms with Crippen LogP contribution in [-0.2, 0) is 4.74 Å². The molecule has 1 N–H and O–H groups in total. The van der Waals surface area contributed by atoms with Crippen LogP contribution in [0.5, 0.6) is 0 Å². The van der Waals surface area contributed by atoms with E-state index in [-0.39, 0.29) is 16.3 Å². The molecule has 1 aromatic rings.